The van der Waals surface area contributed by atoms with E-state index < -0.39 is 15.4 Å². The van der Waals surface area contributed by atoms with Gasteiger partial charge in [0.15, 0.2) is 11.6 Å². The van der Waals surface area contributed by atoms with Crippen molar-refractivity contribution in [3.05, 3.63) is 131 Å². The van der Waals surface area contributed by atoms with E-state index in [9.17, 15) is 18.0 Å². The van der Waals surface area contributed by atoms with Gasteiger partial charge in [0.25, 0.3) is 10.0 Å². The van der Waals surface area contributed by atoms with E-state index in [0.29, 0.717) is 27.9 Å². The zero-order valence-corrected chi connectivity index (χ0v) is 20.9. The first kappa shape index (κ1) is 24.2. The molecule has 0 heterocycles. The Hall–Kier alpha value is -4.47. The van der Waals surface area contributed by atoms with Gasteiger partial charge < -0.3 is 0 Å². The first-order chi connectivity index (χ1) is 17.8. The average molecular weight is 506 g/mol. The molecule has 0 fully saturated rings. The molecular weight excluding hydrogens is 482 g/mol. The fraction of sp³-hybridized carbons (Fsp3) is 0.0968. The molecule has 37 heavy (non-hydrogen) atoms. The maximum absolute atomic E-state index is 13.6. The number of nitrogens with one attached hydrogen (secondary N) is 1. The van der Waals surface area contributed by atoms with Crippen molar-refractivity contribution < 1.29 is 18.0 Å². The van der Waals surface area contributed by atoms with Gasteiger partial charge in [-0.3, -0.25) is 14.3 Å². The number of Topliss-reactive ketones (excluding diaryl/α,β-unsaturated/α-hetero) is 2. The quantitative estimate of drug-likeness (QED) is 0.285. The van der Waals surface area contributed by atoms with Crippen LogP contribution in [0.25, 0.3) is 0 Å². The number of hydrogen-bond acceptors (Lipinski definition) is 4. The number of rotatable bonds is 5. The summed E-state index contributed by atoms with van der Waals surface area (Å²) in [6, 6.07) is 29.1. The highest BCUT2D eigenvalue weighted by Crippen LogP contribution is 2.42. The number of hydrogen-bond donors (Lipinski definition) is 1. The number of fused-ring (bicyclic) bond motifs is 1. The Morgan fingerprint density at radius 3 is 1.95 bits per heavy atom. The molecule has 4 aromatic rings. The predicted octanol–water partition coefficient (Wildman–Crippen LogP) is 5.55. The number of benzene rings is 4. The molecule has 5 nitrogen and oxygen atoms in total. The van der Waals surface area contributed by atoms with Crippen molar-refractivity contribution in [3.8, 4) is 11.8 Å². The molecule has 0 unspecified atom stereocenters. The van der Waals surface area contributed by atoms with Crippen LogP contribution < -0.4 is 4.72 Å². The van der Waals surface area contributed by atoms with Gasteiger partial charge in [0.1, 0.15) is 5.41 Å². The molecule has 0 atom stereocenters. The highest BCUT2D eigenvalue weighted by molar-refractivity contribution is 7.92. The number of anilines is 1. The number of sulfonamides is 1. The molecule has 1 aliphatic rings. The summed E-state index contributed by atoms with van der Waals surface area (Å²) >= 11 is 0. The second kappa shape index (κ2) is 9.53. The summed E-state index contributed by atoms with van der Waals surface area (Å²) < 4.78 is 28.5. The summed E-state index contributed by atoms with van der Waals surface area (Å²) in [5, 5.41) is 0. The molecule has 0 aliphatic heterocycles. The van der Waals surface area contributed by atoms with Gasteiger partial charge in [-0.05, 0) is 36.8 Å². The molecular formula is C31H23NO4S. The van der Waals surface area contributed by atoms with Crippen molar-refractivity contribution in [2.45, 2.75) is 23.7 Å². The largest absolute Gasteiger partial charge is 0.293 e. The van der Waals surface area contributed by atoms with Gasteiger partial charge in [0.05, 0.1) is 10.6 Å². The van der Waals surface area contributed by atoms with Crippen LogP contribution in [-0.2, 0) is 15.4 Å². The van der Waals surface area contributed by atoms with E-state index in [1.54, 1.807) is 97.1 Å². The third kappa shape index (κ3) is 4.35. The number of carbonyl (C=O) groups is 2. The Morgan fingerprint density at radius 2 is 1.30 bits per heavy atom. The fourth-order valence-corrected chi connectivity index (χ4v) is 5.64. The molecule has 4 aromatic carbocycles. The second-order valence-electron chi connectivity index (χ2n) is 8.92. The Bertz CT molecular complexity index is 1640. The molecule has 1 N–H and O–H groups in total. The maximum atomic E-state index is 13.6. The molecule has 182 valence electrons. The normalized spacial score (nSPS) is 14.0. The van der Waals surface area contributed by atoms with Crippen molar-refractivity contribution in [2.75, 3.05) is 4.72 Å². The van der Waals surface area contributed by atoms with Crippen LogP contribution in [0, 0.1) is 18.8 Å². The Kier molecular flexibility index (Phi) is 6.24. The maximum Gasteiger partial charge on any atom is 0.261 e. The monoisotopic (exact) mass is 505 g/mol. The zero-order chi connectivity index (χ0) is 26.0. The van der Waals surface area contributed by atoms with Crippen LogP contribution in [0.5, 0.6) is 0 Å². The van der Waals surface area contributed by atoms with E-state index >= 15 is 0 Å². The summed E-state index contributed by atoms with van der Waals surface area (Å²) in [6.07, 6.45) is -0.0393. The van der Waals surface area contributed by atoms with Crippen LogP contribution in [-0.4, -0.2) is 20.0 Å². The second-order valence-corrected chi connectivity index (χ2v) is 10.6. The summed E-state index contributed by atoms with van der Waals surface area (Å²) in [6.45, 7) is 1.88. The molecule has 0 amide bonds. The Balaban J connectivity index is 1.50. The third-order valence-corrected chi connectivity index (χ3v) is 7.92. The lowest BCUT2D eigenvalue weighted by Crippen LogP contribution is -2.38. The molecule has 0 radical (unpaired) electrons. The summed E-state index contributed by atoms with van der Waals surface area (Å²) in [7, 11) is -3.83. The summed E-state index contributed by atoms with van der Waals surface area (Å²) in [5.74, 6) is 5.48. The van der Waals surface area contributed by atoms with Crippen LogP contribution in [0.4, 0.5) is 5.69 Å². The van der Waals surface area contributed by atoms with E-state index in [2.05, 4.69) is 16.6 Å². The lowest BCUT2D eigenvalue weighted by atomic mass is 9.73. The molecule has 0 aromatic heterocycles. The topological polar surface area (TPSA) is 80.3 Å². The molecule has 0 spiro atoms. The lowest BCUT2D eigenvalue weighted by molar-refractivity contribution is 0.0797. The number of carbonyl (C=O) groups excluding carboxylic acids is 2. The van der Waals surface area contributed by atoms with Gasteiger partial charge in [-0.2, -0.15) is 0 Å². The van der Waals surface area contributed by atoms with Crippen LogP contribution in [0.3, 0.4) is 0 Å². The van der Waals surface area contributed by atoms with Gasteiger partial charge in [0.2, 0.25) is 0 Å². The molecule has 5 rings (SSSR count). The van der Waals surface area contributed by atoms with Crippen molar-refractivity contribution >= 4 is 27.3 Å². The minimum atomic E-state index is -3.83. The lowest BCUT2D eigenvalue weighted by Gasteiger charge is -2.24. The van der Waals surface area contributed by atoms with Crippen LogP contribution in [0.2, 0.25) is 0 Å². The number of aryl methyl sites for hydroxylation is 1. The van der Waals surface area contributed by atoms with Crippen LogP contribution in [0.1, 0.15) is 43.8 Å². The summed E-state index contributed by atoms with van der Waals surface area (Å²) in [4.78, 5) is 27.4. The van der Waals surface area contributed by atoms with Crippen LogP contribution >= 0.6 is 0 Å². The summed E-state index contributed by atoms with van der Waals surface area (Å²) in [5.41, 5.74) is 1.63. The van der Waals surface area contributed by atoms with Crippen molar-refractivity contribution in [1.29, 1.82) is 0 Å². The van der Waals surface area contributed by atoms with E-state index in [1.165, 1.54) is 0 Å². The highest BCUT2D eigenvalue weighted by Gasteiger charge is 2.53. The van der Waals surface area contributed by atoms with Crippen molar-refractivity contribution in [1.82, 2.24) is 0 Å². The van der Waals surface area contributed by atoms with Crippen molar-refractivity contribution in [3.63, 3.8) is 0 Å². The van der Waals surface area contributed by atoms with Gasteiger partial charge in [-0.15, -0.1) is 0 Å². The number of para-hydroxylation sites is 1. The highest BCUT2D eigenvalue weighted by atomic mass is 32.2. The third-order valence-electron chi connectivity index (χ3n) is 6.54. The molecule has 6 heteroatoms. The smallest absolute Gasteiger partial charge is 0.261 e. The first-order valence-electron chi connectivity index (χ1n) is 11.7. The average Bonchev–Trinajstić information content (AvgIpc) is 3.13. The minimum Gasteiger partial charge on any atom is -0.293 e. The van der Waals surface area contributed by atoms with E-state index in [4.69, 9.17) is 0 Å². The zero-order valence-electron chi connectivity index (χ0n) is 20.1. The SMILES string of the molecule is Cc1ccc(S(=O)(=O)Nc2ccccc2C#CCC2(c3ccccc3)C(=O)c3ccccc3C2=O)cc1. The molecule has 0 saturated carbocycles. The van der Waals surface area contributed by atoms with Gasteiger partial charge >= 0.3 is 0 Å². The van der Waals surface area contributed by atoms with Crippen molar-refractivity contribution in [2.24, 2.45) is 0 Å². The van der Waals surface area contributed by atoms with E-state index in [0.717, 1.165) is 5.56 Å². The standard InChI is InChI=1S/C31H23NO4S/c1-22-17-19-25(20-18-22)37(35,36)32-28-16-8-5-10-23(28)11-9-21-31(24-12-3-2-4-13-24)29(33)26-14-6-7-15-27(26)30(31)34/h2-8,10,12-20,32H,21H2,1H3. The number of ketones is 2. The van der Waals surface area contributed by atoms with E-state index in [-0.39, 0.29) is 22.9 Å². The molecule has 1 aliphatic carbocycles. The van der Waals surface area contributed by atoms with Gasteiger partial charge in [-0.1, -0.05) is 96.3 Å². The minimum absolute atomic E-state index is 0.0393. The Morgan fingerprint density at radius 1 is 0.730 bits per heavy atom. The molecule has 0 saturated heterocycles. The van der Waals surface area contributed by atoms with Gasteiger partial charge in [-0.25, -0.2) is 8.42 Å². The predicted molar refractivity (Wildman–Crippen MR) is 143 cm³/mol. The Labute approximate surface area is 216 Å². The fourth-order valence-electron chi connectivity index (χ4n) is 4.56. The van der Waals surface area contributed by atoms with Crippen LogP contribution in [0.15, 0.2) is 108 Å². The first-order valence-corrected chi connectivity index (χ1v) is 13.2. The van der Waals surface area contributed by atoms with Gasteiger partial charge in [0, 0.05) is 23.1 Å². The van der Waals surface area contributed by atoms with E-state index in [1.807, 2.05) is 13.0 Å². The molecule has 0 bridgehead atoms.